The summed E-state index contributed by atoms with van der Waals surface area (Å²) >= 11 is 0. The Morgan fingerprint density at radius 2 is 1.80 bits per heavy atom. The number of anilines is 2. The van der Waals surface area contributed by atoms with E-state index in [4.69, 9.17) is 0 Å². The second-order valence-corrected chi connectivity index (χ2v) is 8.10. The summed E-state index contributed by atoms with van der Waals surface area (Å²) in [5.74, 6) is 0.00139. The maximum absolute atomic E-state index is 12.6. The van der Waals surface area contributed by atoms with E-state index in [-0.39, 0.29) is 5.75 Å². The van der Waals surface area contributed by atoms with Gasteiger partial charge in [-0.1, -0.05) is 30.3 Å². The monoisotopic (exact) mass is 486 g/mol. The lowest BCUT2D eigenvalue weighted by Gasteiger charge is -2.16. The molecule has 1 unspecified atom stereocenters. The van der Waals surface area contributed by atoms with E-state index in [9.17, 15) is 18.3 Å². The third kappa shape index (κ3) is 6.47. The van der Waals surface area contributed by atoms with Crippen LogP contribution in [0, 0.1) is 0 Å². The predicted molar refractivity (Wildman–Crippen MR) is 126 cm³/mol. The van der Waals surface area contributed by atoms with Crippen molar-refractivity contribution in [1.82, 2.24) is 24.8 Å². The fourth-order valence-electron chi connectivity index (χ4n) is 3.45. The number of pyridine rings is 1. The average molecular weight is 486 g/mol. The van der Waals surface area contributed by atoms with Crippen molar-refractivity contribution in [2.75, 3.05) is 32.5 Å². The fraction of sp³-hybridized carbons (Fsp3) is 0.250. The summed E-state index contributed by atoms with van der Waals surface area (Å²) in [4.78, 5) is 6.47. The van der Waals surface area contributed by atoms with Crippen molar-refractivity contribution in [1.29, 1.82) is 0 Å². The first-order valence-electron chi connectivity index (χ1n) is 10.8. The zero-order valence-electron chi connectivity index (χ0n) is 19.1. The zero-order chi connectivity index (χ0) is 25.0. The number of halogens is 3. The lowest BCUT2D eigenvalue weighted by Crippen LogP contribution is -2.29. The highest BCUT2D eigenvalue weighted by molar-refractivity contribution is 5.66. The first kappa shape index (κ1) is 24.5. The molecule has 11 heteroatoms. The number of aromatic nitrogens is 3. The molecule has 2 aromatic heterocycles. The highest BCUT2D eigenvalue weighted by Gasteiger charge is 2.31. The summed E-state index contributed by atoms with van der Waals surface area (Å²) < 4.78 is 43.4. The Hall–Kier alpha value is -3.67. The highest BCUT2D eigenvalue weighted by atomic mass is 19.4. The number of hydrogen-bond donors (Lipinski definition) is 3. The topological polar surface area (TPSA) is 87.0 Å². The molecule has 2 aromatic carbocycles. The molecule has 0 saturated carbocycles. The van der Waals surface area contributed by atoms with Crippen molar-refractivity contribution in [2.24, 2.45) is 0 Å². The van der Waals surface area contributed by atoms with E-state index in [1.54, 1.807) is 53.0 Å². The van der Waals surface area contributed by atoms with Crippen LogP contribution >= 0.6 is 0 Å². The molecule has 3 N–H and O–H groups in total. The highest BCUT2D eigenvalue weighted by Crippen LogP contribution is 2.28. The van der Waals surface area contributed by atoms with E-state index in [0.29, 0.717) is 35.1 Å². The maximum atomic E-state index is 12.6. The van der Waals surface area contributed by atoms with E-state index in [1.807, 2.05) is 19.0 Å². The summed E-state index contributed by atoms with van der Waals surface area (Å²) in [7, 11) is 3.93. The molecular formula is C24H25F3N6O2. The van der Waals surface area contributed by atoms with Gasteiger partial charge in [-0.25, -0.2) is 4.52 Å². The Kier molecular flexibility index (Phi) is 7.20. The Morgan fingerprint density at radius 1 is 1.06 bits per heavy atom. The average Bonchev–Trinajstić information content (AvgIpc) is 3.20. The molecule has 0 aliphatic heterocycles. The van der Waals surface area contributed by atoms with Crippen LogP contribution in [0.1, 0.15) is 11.8 Å². The number of aliphatic hydroxyl groups is 1. The SMILES string of the molecule is CN(C)CCNC(O)c1ccc(Nc2nc3cccc(-c4cccc(OC(F)(F)F)c4)n3n2)cc1. The Bertz CT molecular complexity index is 1270. The van der Waals surface area contributed by atoms with Crippen LogP contribution in [0.2, 0.25) is 0 Å². The van der Waals surface area contributed by atoms with Crippen LogP contribution in [0.15, 0.2) is 66.7 Å². The van der Waals surface area contributed by atoms with Gasteiger partial charge in [0.2, 0.25) is 5.95 Å². The second kappa shape index (κ2) is 10.3. The normalized spacial score (nSPS) is 12.8. The number of benzene rings is 2. The van der Waals surface area contributed by atoms with Crippen molar-refractivity contribution in [2.45, 2.75) is 12.6 Å². The van der Waals surface area contributed by atoms with Crippen molar-refractivity contribution in [3.8, 4) is 17.0 Å². The van der Waals surface area contributed by atoms with Crippen molar-refractivity contribution < 1.29 is 23.0 Å². The number of alkyl halides is 3. The maximum Gasteiger partial charge on any atom is 0.573 e. The number of rotatable bonds is 9. The molecule has 4 aromatic rings. The van der Waals surface area contributed by atoms with Gasteiger partial charge in [0.05, 0.1) is 5.69 Å². The molecule has 0 aliphatic carbocycles. The molecule has 0 amide bonds. The summed E-state index contributed by atoms with van der Waals surface area (Å²) in [5.41, 5.74) is 3.00. The van der Waals surface area contributed by atoms with E-state index >= 15 is 0 Å². The van der Waals surface area contributed by atoms with Gasteiger partial charge in [0, 0.05) is 24.3 Å². The smallest absolute Gasteiger partial charge is 0.406 e. The third-order valence-electron chi connectivity index (χ3n) is 5.10. The molecule has 2 heterocycles. The van der Waals surface area contributed by atoms with Crippen LogP contribution in [-0.4, -0.2) is 58.2 Å². The van der Waals surface area contributed by atoms with E-state index < -0.39 is 12.6 Å². The van der Waals surface area contributed by atoms with Gasteiger partial charge in [-0.2, -0.15) is 4.98 Å². The molecule has 8 nitrogen and oxygen atoms in total. The number of ether oxygens (including phenoxy) is 1. The van der Waals surface area contributed by atoms with Crippen LogP contribution in [0.25, 0.3) is 16.9 Å². The number of nitrogens with zero attached hydrogens (tertiary/aromatic N) is 4. The van der Waals surface area contributed by atoms with Gasteiger partial charge in [-0.3, -0.25) is 5.32 Å². The Labute approximate surface area is 200 Å². The lowest BCUT2D eigenvalue weighted by atomic mass is 10.1. The molecule has 35 heavy (non-hydrogen) atoms. The minimum atomic E-state index is -4.77. The summed E-state index contributed by atoms with van der Waals surface area (Å²) in [6.07, 6.45) is -5.56. The van der Waals surface area contributed by atoms with Crippen LogP contribution < -0.4 is 15.4 Å². The van der Waals surface area contributed by atoms with E-state index in [2.05, 4.69) is 25.5 Å². The van der Waals surface area contributed by atoms with Gasteiger partial charge < -0.3 is 20.1 Å². The Balaban J connectivity index is 1.50. The van der Waals surface area contributed by atoms with E-state index in [0.717, 1.165) is 12.1 Å². The molecule has 0 aliphatic rings. The standard InChI is InChI=1S/C24H25F3N6O2/c1-32(2)14-13-28-22(34)16-9-11-18(12-10-16)29-23-30-21-8-4-7-20(33(21)31-23)17-5-3-6-19(15-17)35-24(25,26)27/h3-12,15,22,28,34H,13-14H2,1-2H3,(H,29,31). The van der Waals surface area contributed by atoms with Gasteiger partial charge in [0.1, 0.15) is 12.0 Å². The molecule has 0 spiro atoms. The summed E-state index contributed by atoms with van der Waals surface area (Å²) in [6.45, 7) is 1.45. The minimum absolute atomic E-state index is 0.316. The molecule has 4 rings (SSSR count). The van der Waals surface area contributed by atoms with Crippen LogP contribution in [0.4, 0.5) is 24.8 Å². The van der Waals surface area contributed by atoms with Gasteiger partial charge in [0.25, 0.3) is 0 Å². The quantitative estimate of drug-likeness (QED) is 0.306. The first-order chi connectivity index (χ1) is 16.7. The number of fused-ring (bicyclic) bond motifs is 1. The van der Waals surface area contributed by atoms with Gasteiger partial charge in [0.15, 0.2) is 5.65 Å². The van der Waals surface area contributed by atoms with Crippen molar-refractivity contribution in [3.63, 3.8) is 0 Å². The third-order valence-corrected chi connectivity index (χ3v) is 5.10. The molecule has 0 saturated heterocycles. The van der Waals surface area contributed by atoms with Gasteiger partial charge in [-0.05, 0) is 56.1 Å². The minimum Gasteiger partial charge on any atom is -0.406 e. The largest absolute Gasteiger partial charge is 0.573 e. The second-order valence-electron chi connectivity index (χ2n) is 8.10. The summed E-state index contributed by atoms with van der Waals surface area (Å²) in [5, 5.41) is 20.9. The lowest BCUT2D eigenvalue weighted by molar-refractivity contribution is -0.274. The van der Waals surface area contributed by atoms with E-state index in [1.165, 1.54) is 18.2 Å². The fourth-order valence-corrected chi connectivity index (χ4v) is 3.45. The molecule has 0 fully saturated rings. The molecule has 1 atom stereocenters. The Morgan fingerprint density at radius 3 is 2.51 bits per heavy atom. The molecule has 184 valence electrons. The van der Waals surface area contributed by atoms with Crippen molar-refractivity contribution >= 4 is 17.3 Å². The predicted octanol–water partition coefficient (Wildman–Crippen LogP) is 4.18. The first-order valence-corrected chi connectivity index (χ1v) is 10.8. The van der Waals surface area contributed by atoms with Gasteiger partial charge >= 0.3 is 6.36 Å². The van der Waals surface area contributed by atoms with Gasteiger partial charge in [-0.15, -0.1) is 18.3 Å². The number of nitrogens with one attached hydrogen (secondary N) is 2. The summed E-state index contributed by atoms with van der Waals surface area (Å²) in [6, 6.07) is 18.1. The van der Waals surface area contributed by atoms with Crippen LogP contribution in [-0.2, 0) is 0 Å². The van der Waals surface area contributed by atoms with Crippen LogP contribution in [0.5, 0.6) is 5.75 Å². The number of aliphatic hydroxyl groups excluding tert-OH is 1. The number of hydrogen-bond acceptors (Lipinski definition) is 7. The van der Waals surface area contributed by atoms with Crippen LogP contribution in [0.3, 0.4) is 0 Å². The number of likely N-dealkylation sites (N-methyl/N-ethyl adjacent to an activating group) is 1. The zero-order valence-corrected chi connectivity index (χ0v) is 19.1. The molecular weight excluding hydrogens is 461 g/mol. The van der Waals surface area contributed by atoms with Crippen molar-refractivity contribution in [3.05, 3.63) is 72.3 Å². The molecule has 0 radical (unpaired) electrons. The molecule has 0 bridgehead atoms.